The van der Waals surface area contributed by atoms with Crippen molar-refractivity contribution in [3.8, 4) is 16.6 Å². The summed E-state index contributed by atoms with van der Waals surface area (Å²) in [6.07, 6.45) is 0. The second-order valence-electron chi connectivity index (χ2n) is 5.13. The lowest BCUT2D eigenvalue weighted by Crippen LogP contribution is -1.91. The number of nitrogens with one attached hydrogen (secondary N) is 1. The minimum atomic E-state index is 0.594. The molecule has 3 aromatic heterocycles. The van der Waals surface area contributed by atoms with Crippen LogP contribution in [-0.2, 0) is 5.75 Å². The molecule has 1 aromatic carbocycles. The Balaban J connectivity index is 1.61. The summed E-state index contributed by atoms with van der Waals surface area (Å²) in [5.41, 5.74) is 3.47. The minimum absolute atomic E-state index is 0.594. The highest BCUT2D eigenvalue weighted by Gasteiger charge is 2.10. The summed E-state index contributed by atoms with van der Waals surface area (Å²) in [6, 6.07) is 17.9. The van der Waals surface area contributed by atoms with Crippen molar-refractivity contribution in [1.29, 1.82) is 5.26 Å². The molecule has 1 N–H and O–H groups in total. The van der Waals surface area contributed by atoms with E-state index in [1.165, 1.54) is 11.8 Å². The summed E-state index contributed by atoms with van der Waals surface area (Å²) in [5.74, 6) is 1.53. The van der Waals surface area contributed by atoms with Crippen molar-refractivity contribution in [2.24, 2.45) is 0 Å². The lowest BCUT2D eigenvalue weighted by Gasteiger charge is -2.04. The molecule has 116 valence electrons. The predicted octanol–water partition coefficient (Wildman–Crippen LogP) is 4.85. The van der Waals surface area contributed by atoms with Crippen molar-refractivity contribution in [2.75, 3.05) is 0 Å². The number of aromatic nitrogens is 3. The zero-order valence-electron chi connectivity index (χ0n) is 12.6. The molecule has 0 fully saturated rings. The third-order valence-corrected chi connectivity index (χ3v) is 5.43. The van der Waals surface area contributed by atoms with Crippen LogP contribution in [0.15, 0.2) is 58.9 Å². The van der Waals surface area contributed by atoms with Gasteiger partial charge in [-0.3, -0.25) is 0 Å². The molecule has 0 bridgehead atoms. The van der Waals surface area contributed by atoms with Gasteiger partial charge >= 0.3 is 0 Å². The first-order valence-electron chi connectivity index (χ1n) is 7.35. The standard InChI is InChI=1S/C18H12N4S2/c19-10-12-7-8-15(16-6-3-9-23-16)22-18(12)24-11-17-20-13-4-1-2-5-14(13)21-17/h1-9H,11H2,(H,20,21). The average molecular weight is 348 g/mol. The van der Waals surface area contributed by atoms with Crippen molar-refractivity contribution in [2.45, 2.75) is 10.8 Å². The third-order valence-electron chi connectivity index (χ3n) is 3.54. The van der Waals surface area contributed by atoms with E-state index >= 15 is 0 Å². The number of para-hydroxylation sites is 2. The summed E-state index contributed by atoms with van der Waals surface area (Å²) >= 11 is 3.17. The number of imidazole rings is 1. The van der Waals surface area contributed by atoms with Gasteiger partial charge in [-0.15, -0.1) is 11.3 Å². The number of pyridine rings is 1. The van der Waals surface area contributed by atoms with E-state index in [1.54, 1.807) is 11.3 Å². The summed E-state index contributed by atoms with van der Waals surface area (Å²) in [7, 11) is 0. The van der Waals surface area contributed by atoms with Crippen LogP contribution in [0.1, 0.15) is 11.4 Å². The topological polar surface area (TPSA) is 65.4 Å². The second kappa shape index (κ2) is 6.48. The zero-order chi connectivity index (χ0) is 16.4. The van der Waals surface area contributed by atoms with Crippen molar-refractivity contribution < 1.29 is 0 Å². The van der Waals surface area contributed by atoms with E-state index in [1.807, 2.05) is 53.9 Å². The van der Waals surface area contributed by atoms with Crippen LogP contribution in [0.4, 0.5) is 0 Å². The smallest absolute Gasteiger partial charge is 0.117 e. The molecular formula is C18H12N4S2. The maximum absolute atomic E-state index is 9.33. The fourth-order valence-electron chi connectivity index (χ4n) is 2.41. The zero-order valence-corrected chi connectivity index (χ0v) is 14.2. The monoisotopic (exact) mass is 348 g/mol. The van der Waals surface area contributed by atoms with Crippen LogP contribution in [-0.4, -0.2) is 15.0 Å². The molecule has 0 unspecified atom stereocenters. The van der Waals surface area contributed by atoms with Crippen LogP contribution in [0.5, 0.6) is 0 Å². The number of hydrogen-bond donors (Lipinski definition) is 1. The van der Waals surface area contributed by atoms with Crippen molar-refractivity contribution in [3.63, 3.8) is 0 Å². The molecule has 24 heavy (non-hydrogen) atoms. The number of nitriles is 1. The highest BCUT2D eigenvalue weighted by atomic mass is 32.2. The fourth-order valence-corrected chi connectivity index (χ4v) is 3.95. The summed E-state index contributed by atoms with van der Waals surface area (Å²) in [6.45, 7) is 0. The molecule has 0 atom stereocenters. The van der Waals surface area contributed by atoms with E-state index < -0.39 is 0 Å². The van der Waals surface area contributed by atoms with Gasteiger partial charge in [-0.25, -0.2) is 9.97 Å². The summed E-state index contributed by atoms with van der Waals surface area (Å²) in [5, 5.41) is 12.1. The number of hydrogen-bond acceptors (Lipinski definition) is 5. The molecule has 4 rings (SSSR count). The first-order chi connectivity index (χ1) is 11.8. The van der Waals surface area contributed by atoms with Crippen LogP contribution < -0.4 is 0 Å². The lowest BCUT2D eigenvalue weighted by molar-refractivity contribution is 1.10. The third kappa shape index (κ3) is 2.92. The van der Waals surface area contributed by atoms with E-state index in [9.17, 15) is 5.26 Å². The molecule has 3 heterocycles. The normalized spacial score (nSPS) is 10.8. The van der Waals surface area contributed by atoms with E-state index in [0.717, 1.165) is 32.5 Å². The first kappa shape index (κ1) is 14.9. The number of thiophene rings is 1. The van der Waals surface area contributed by atoms with Crippen molar-refractivity contribution in [3.05, 3.63) is 65.3 Å². The number of fused-ring (bicyclic) bond motifs is 1. The maximum Gasteiger partial charge on any atom is 0.117 e. The lowest BCUT2D eigenvalue weighted by atomic mass is 10.2. The molecule has 0 radical (unpaired) electrons. The van der Waals surface area contributed by atoms with Gasteiger partial charge in [0.15, 0.2) is 0 Å². The van der Waals surface area contributed by atoms with Gasteiger partial charge in [0.05, 0.1) is 32.9 Å². The number of aromatic amines is 1. The largest absolute Gasteiger partial charge is 0.341 e. The van der Waals surface area contributed by atoms with Crippen LogP contribution in [0.25, 0.3) is 21.6 Å². The highest BCUT2D eigenvalue weighted by Crippen LogP contribution is 2.29. The van der Waals surface area contributed by atoms with Crippen LogP contribution in [0.2, 0.25) is 0 Å². The molecule has 0 spiro atoms. The second-order valence-corrected chi connectivity index (χ2v) is 7.04. The average Bonchev–Trinajstić information content (AvgIpc) is 3.28. The number of rotatable bonds is 4. The van der Waals surface area contributed by atoms with E-state index in [2.05, 4.69) is 21.0 Å². The molecule has 0 aliphatic heterocycles. The minimum Gasteiger partial charge on any atom is -0.341 e. The molecule has 6 heteroatoms. The van der Waals surface area contributed by atoms with Crippen LogP contribution in [0.3, 0.4) is 0 Å². The number of H-pyrrole nitrogens is 1. The molecule has 0 aliphatic rings. The van der Waals surface area contributed by atoms with Gasteiger partial charge in [0.1, 0.15) is 16.9 Å². The van der Waals surface area contributed by atoms with Crippen molar-refractivity contribution in [1.82, 2.24) is 15.0 Å². The van der Waals surface area contributed by atoms with Gasteiger partial charge in [0.2, 0.25) is 0 Å². The Morgan fingerprint density at radius 2 is 2.00 bits per heavy atom. The molecule has 0 saturated carbocycles. The Labute approximate surface area is 147 Å². The Morgan fingerprint density at radius 3 is 2.79 bits per heavy atom. The van der Waals surface area contributed by atoms with E-state index in [0.29, 0.717) is 11.3 Å². The van der Waals surface area contributed by atoms with Gasteiger partial charge in [-0.05, 0) is 35.7 Å². The molecule has 0 aliphatic carbocycles. The van der Waals surface area contributed by atoms with Crippen LogP contribution >= 0.6 is 23.1 Å². The molecule has 0 amide bonds. The van der Waals surface area contributed by atoms with Crippen LogP contribution in [0, 0.1) is 11.3 Å². The SMILES string of the molecule is N#Cc1ccc(-c2cccs2)nc1SCc1nc2ccccc2[nH]1. The Bertz CT molecular complexity index is 996. The Hall–Kier alpha value is -2.62. The van der Waals surface area contributed by atoms with Gasteiger partial charge < -0.3 is 4.98 Å². The number of nitrogens with zero attached hydrogens (tertiary/aromatic N) is 3. The Morgan fingerprint density at radius 1 is 1.08 bits per heavy atom. The Kier molecular flexibility index (Phi) is 4.03. The number of benzene rings is 1. The molecular weight excluding hydrogens is 336 g/mol. The molecule has 4 nitrogen and oxygen atoms in total. The predicted molar refractivity (Wildman–Crippen MR) is 97.9 cm³/mol. The van der Waals surface area contributed by atoms with Gasteiger partial charge in [0.25, 0.3) is 0 Å². The van der Waals surface area contributed by atoms with E-state index in [-0.39, 0.29) is 0 Å². The molecule has 0 saturated heterocycles. The van der Waals surface area contributed by atoms with Gasteiger partial charge in [-0.1, -0.05) is 30.0 Å². The van der Waals surface area contributed by atoms with Gasteiger partial charge in [-0.2, -0.15) is 5.26 Å². The van der Waals surface area contributed by atoms with Gasteiger partial charge in [0, 0.05) is 0 Å². The van der Waals surface area contributed by atoms with E-state index in [4.69, 9.17) is 0 Å². The first-order valence-corrected chi connectivity index (χ1v) is 9.21. The molecule has 4 aromatic rings. The highest BCUT2D eigenvalue weighted by molar-refractivity contribution is 7.98. The fraction of sp³-hybridized carbons (Fsp3) is 0.0556. The summed E-state index contributed by atoms with van der Waals surface area (Å²) in [4.78, 5) is 13.6. The quantitative estimate of drug-likeness (QED) is 0.535. The number of thioether (sulfide) groups is 1. The maximum atomic E-state index is 9.33. The van der Waals surface area contributed by atoms with Crippen molar-refractivity contribution >= 4 is 34.1 Å². The summed E-state index contributed by atoms with van der Waals surface area (Å²) < 4.78 is 0.